The molecule has 2 heteroatoms. The van der Waals surface area contributed by atoms with Gasteiger partial charge in [0.1, 0.15) is 0 Å². The van der Waals surface area contributed by atoms with Crippen molar-refractivity contribution in [2.24, 2.45) is 0 Å². The molecule has 1 unspecified atom stereocenters. The van der Waals surface area contributed by atoms with Crippen LogP contribution in [0.3, 0.4) is 0 Å². The van der Waals surface area contributed by atoms with Crippen LogP contribution in [0.2, 0.25) is 0 Å². The Morgan fingerprint density at radius 3 is 2.20 bits per heavy atom. The Hall–Kier alpha value is 0.830. The smallest absolute Gasteiger partial charge is 0.0145 e. The average Bonchev–Trinajstić information content (AvgIpc) is 1.38. The molecule has 0 aromatic rings. The van der Waals surface area contributed by atoms with Crippen LogP contribution in [0.4, 0.5) is 0 Å². The predicted molar refractivity (Wildman–Crippen MR) is 32.2 cm³/mol. The summed E-state index contributed by atoms with van der Waals surface area (Å²) in [4.78, 5) is 0. The van der Waals surface area contributed by atoms with Crippen LogP contribution in [-0.2, 0) is 0 Å². The fraction of sp³-hybridized carbons (Fsp3) is 1.00. The lowest BCUT2D eigenvalue weighted by Gasteiger charge is -1.88. The molecule has 0 fully saturated rings. The highest BCUT2D eigenvalue weighted by Gasteiger charge is 1.82. The lowest BCUT2D eigenvalue weighted by atomic mass is 10.6. The molecule has 0 N–H and O–H groups in total. The van der Waals surface area contributed by atoms with Crippen molar-refractivity contribution >= 4 is 28.6 Å². The molecule has 5 heavy (non-hydrogen) atoms. The van der Waals surface area contributed by atoms with Crippen molar-refractivity contribution in [1.82, 2.24) is 0 Å². The predicted octanol–water partition coefficient (Wildman–Crippen LogP) is 1.70. The third-order valence-electron chi connectivity index (χ3n) is 0.223. The Labute approximate surface area is 46.5 Å². The van der Waals surface area contributed by atoms with Gasteiger partial charge in [0.2, 0.25) is 0 Å². The van der Waals surface area contributed by atoms with Gasteiger partial charge in [-0.05, 0) is 0 Å². The number of rotatable bonds is 1. The molecule has 0 bridgehead atoms. The zero-order chi connectivity index (χ0) is 4.28. The second kappa shape index (κ2) is 3.04. The SMILES string of the molecule is CC(S)CBr. The molecule has 1 atom stereocenters. The van der Waals surface area contributed by atoms with Crippen LogP contribution in [0.15, 0.2) is 0 Å². The molecule has 0 nitrogen and oxygen atoms in total. The van der Waals surface area contributed by atoms with Gasteiger partial charge in [0.05, 0.1) is 0 Å². The molecule has 0 rings (SSSR count). The summed E-state index contributed by atoms with van der Waals surface area (Å²) >= 11 is 7.29. The fourth-order valence-electron chi connectivity index (χ4n) is 0. The molecule has 0 saturated heterocycles. The van der Waals surface area contributed by atoms with Crippen molar-refractivity contribution in [1.29, 1.82) is 0 Å². The molecular weight excluding hydrogens is 148 g/mol. The quantitative estimate of drug-likeness (QED) is 0.432. The van der Waals surface area contributed by atoms with E-state index in [4.69, 9.17) is 0 Å². The molecule has 0 aromatic carbocycles. The Morgan fingerprint density at radius 1 is 2.00 bits per heavy atom. The number of thiol groups is 1. The normalized spacial score (nSPS) is 15.0. The molecule has 0 aliphatic heterocycles. The fourth-order valence-corrected chi connectivity index (χ4v) is 0. The van der Waals surface area contributed by atoms with Crippen LogP contribution < -0.4 is 0 Å². The Balaban J connectivity index is 2.54. The standard InChI is InChI=1S/C3H7BrS/c1-3(5)2-4/h3,5H,2H2,1H3. The molecule has 0 aromatic heterocycles. The van der Waals surface area contributed by atoms with Crippen molar-refractivity contribution < 1.29 is 0 Å². The summed E-state index contributed by atoms with van der Waals surface area (Å²) in [6, 6.07) is 0. The molecule has 0 saturated carbocycles. The summed E-state index contributed by atoms with van der Waals surface area (Å²) in [6.45, 7) is 2.04. The van der Waals surface area contributed by atoms with Crippen molar-refractivity contribution in [3.63, 3.8) is 0 Å². The van der Waals surface area contributed by atoms with E-state index in [1.165, 1.54) is 0 Å². The van der Waals surface area contributed by atoms with E-state index in [0.29, 0.717) is 5.25 Å². The lowest BCUT2D eigenvalue weighted by molar-refractivity contribution is 1.15. The van der Waals surface area contributed by atoms with Crippen molar-refractivity contribution in [3.05, 3.63) is 0 Å². The maximum Gasteiger partial charge on any atom is 0.0145 e. The first-order chi connectivity index (χ1) is 2.27. The first-order valence-corrected chi connectivity index (χ1v) is 3.15. The van der Waals surface area contributed by atoms with E-state index in [0.717, 1.165) is 5.33 Å². The van der Waals surface area contributed by atoms with Crippen LogP contribution in [0, 0.1) is 0 Å². The van der Waals surface area contributed by atoms with Gasteiger partial charge in [-0.2, -0.15) is 12.6 Å². The van der Waals surface area contributed by atoms with E-state index in [1.54, 1.807) is 0 Å². The summed E-state index contributed by atoms with van der Waals surface area (Å²) in [5.74, 6) is 0. The maximum atomic E-state index is 4.05. The molecule has 0 spiro atoms. The molecule has 0 heterocycles. The largest absolute Gasteiger partial charge is 0.175 e. The molecular formula is C3H7BrS. The van der Waals surface area contributed by atoms with Crippen LogP contribution >= 0.6 is 28.6 Å². The first-order valence-electron chi connectivity index (χ1n) is 1.51. The summed E-state index contributed by atoms with van der Waals surface area (Å²) in [7, 11) is 0. The molecule has 0 amide bonds. The van der Waals surface area contributed by atoms with E-state index >= 15 is 0 Å². The second-order valence-electron chi connectivity index (χ2n) is 1.00. The van der Waals surface area contributed by atoms with Crippen molar-refractivity contribution in [2.75, 3.05) is 5.33 Å². The van der Waals surface area contributed by atoms with E-state index in [1.807, 2.05) is 6.92 Å². The second-order valence-corrected chi connectivity index (χ2v) is 2.53. The Bertz CT molecular complexity index is 20.9. The molecule has 0 aliphatic carbocycles. The van der Waals surface area contributed by atoms with E-state index in [2.05, 4.69) is 28.6 Å². The summed E-state index contributed by atoms with van der Waals surface area (Å²) < 4.78 is 0. The summed E-state index contributed by atoms with van der Waals surface area (Å²) in [5, 5.41) is 1.48. The van der Waals surface area contributed by atoms with Gasteiger partial charge in [-0.15, -0.1) is 0 Å². The van der Waals surface area contributed by atoms with Gasteiger partial charge in [0.25, 0.3) is 0 Å². The first kappa shape index (κ1) is 5.83. The van der Waals surface area contributed by atoms with Gasteiger partial charge >= 0.3 is 0 Å². The maximum absolute atomic E-state index is 4.05. The van der Waals surface area contributed by atoms with E-state index in [-0.39, 0.29) is 0 Å². The number of hydrogen-bond donors (Lipinski definition) is 1. The highest BCUT2D eigenvalue weighted by Crippen LogP contribution is 1.94. The van der Waals surface area contributed by atoms with Crippen LogP contribution in [0.5, 0.6) is 0 Å². The third-order valence-corrected chi connectivity index (χ3v) is 1.88. The summed E-state index contributed by atoms with van der Waals surface area (Å²) in [6.07, 6.45) is 0. The van der Waals surface area contributed by atoms with Gasteiger partial charge in [-0.25, -0.2) is 0 Å². The molecule has 0 aliphatic rings. The number of halogens is 1. The molecule has 0 radical (unpaired) electrons. The van der Waals surface area contributed by atoms with Crippen molar-refractivity contribution in [2.45, 2.75) is 12.2 Å². The van der Waals surface area contributed by atoms with Gasteiger partial charge in [0.15, 0.2) is 0 Å². The topological polar surface area (TPSA) is 0 Å². The van der Waals surface area contributed by atoms with Gasteiger partial charge < -0.3 is 0 Å². The van der Waals surface area contributed by atoms with E-state index in [9.17, 15) is 0 Å². The van der Waals surface area contributed by atoms with Gasteiger partial charge in [-0.1, -0.05) is 22.9 Å². The van der Waals surface area contributed by atoms with Gasteiger partial charge in [-0.3, -0.25) is 0 Å². The van der Waals surface area contributed by atoms with Crippen molar-refractivity contribution in [3.8, 4) is 0 Å². The van der Waals surface area contributed by atoms with Crippen LogP contribution in [-0.4, -0.2) is 10.6 Å². The zero-order valence-electron chi connectivity index (χ0n) is 3.11. The Kier molecular flexibility index (Phi) is 3.54. The Morgan fingerprint density at radius 2 is 2.20 bits per heavy atom. The van der Waals surface area contributed by atoms with Crippen LogP contribution in [0.25, 0.3) is 0 Å². The highest BCUT2D eigenvalue weighted by atomic mass is 79.9. The van der Waals surface area contributed by atoms with Gasteiger partial charge in [0, 0.05) is 10.6 Å². The minimum atomic E-state index is 0.495. The third kappa shape index (κ3) is 4.83. The minimum Gasteiger partial charge on any atom is -0.175 e. The number of alkyl halides is 1. The van der Waals surface area contributed by atoms with E-state index < -0.39 is 0 Å². The van der Waals surface area contributed by atoms with Crippen LogP contribution in [0.1, 0.15) is 6.92 Å². The monoisotopic (exact) mass is 154 g/mol. The molecule has 32 valence electrons. The lowest BCUT2D eigenvalue weighted by Crippen LogP contribution is -1.87. The average molecular weight is 155 g/mol. The minimum absolute atomic E-state index is 0.495. The number of hydrogen-bond acceptors (Lipinski definition) is 1. The summed E-state index contributed by atoms with van der Waals surface area (Å²) in [5.41, 5.74) is 0. The highest BCUT2D eigenvalue weighted by molar-refractivity contribution is 9.09. The zero-order valence-corrected chi connectivity index (χ0v) is 5.59.